The van der Waals surface area contributed by atoms with Gasteiger partial charge in [0.1, 0.15) is 5.82 Å². The number of hydrogen-bond acceptors (Lipinski definition) is 3. The molecule has 2 aromatic rings. The van der Waals surface area contributed by atoms with Crippen molar-refractivity contribution in [3.05, 3.63) is 59.2 Å². The molecule has 1 aliphatic carbocycles. The number of nitrogens with zero attached hydrogens (tertiary/aromatic N) is 2. The molecule has 3 rings (SSSR count). The molecule has 0 fully saturated rings. The first-order valence-corrected chi connectivity index (χ1v) is 7.81. The molecule has 1 N–H and O–H groups in total. The lowest BCUT2D eigenvalue weighted by Gasteiger charge is -2.28. The second kappa shape index (κ2) is 6.35. The molecule has 0 amide bonds. The highest BCUT2D eigenvalue weighted by Crippen LogP contribution is 2.36. The van der Waals surface area contributed by atoms with Crippen LogP contribution in [0.15, 0.2) is 36.7 Å². The summed E-state index contributed by atoms with van der Waals surface area (Å²) in [5.41, 5.74) is 4.15. The van der Waals surface area contributed by atoms with Crippen LogP contribution in [0.5, 0.6) is 0 Å². The Morgan fingerprint density at radius 1 is 1.24 bits per heavy atom. The Hall–Kier alpha value is -1.74. The number of benzene rings is 1. The maximum Gasteiger partial charge on any atom is 0.145 e. The van der Waals surface area contributed by atoms with Crippen LogP contribution in [-0.2, 0) is 6.42 Å². The van der Waals surface area contributed by atoms with Gasteiger partial charge in [0.2, 0.25) is 0 Å². The molecule has 1 heterocycles. The van der Waals surface area contributed by atoms with Gasteiger partial charge in [0.15, 0.2) is 0 Å². The van der Waals surface area contributed by atoms with Crippen LogP contribution in [0.3, 0.4) is 0 Å². The molecule has 1 aliphatic rings. The van der Waals surface area contributed by atoms with Crippen molar-refractivity contribution < 1.29 is 0 Å². The lowest BCUT2D eigenvalue weighted by molar-refractivity contribution is 0.426. The Morgan fingerprint density at radius 3 is 2.76 bits per heavy atom. The zero-order valence-electron chi connectivity index (χ0n) is 12.8. The molecule has 0 spiro atoms. The third kappa shape index (κ3) is 3.13. The second-order valence-electron chi connectivity index (χ2n) is 5.98. The van der Waals surface area contributed by atoms with Crippen LogP contribution in [0, 0.1) is 6.92 Å². The van der Waals surface area contributed by atoms with Crippen LogP contribution in [-0.4, -0.2) is 17.0 Å². The van der Waals surface area contributed by atoms with E-state index in [1.807, 2.05) is 26.4 Å². The number of aryl methyl sites for hydroxylation is 2. The van der Waals surface area contributed by atoms with Gasteiger partial charge in [0.05, 0.1) is 6.04 Å². The van der Waals surface area contributed by atoms with E-state index in [2.05, 4.69) is 39.6 Å². The Bertz CT molecular complexity index is 592. The molecule has 21 heavy (non-hydrogen) atoms. The van der Waals surface area contributed by atoms with Gasteiger partial charge in [-0.1, -0.05) is 24.3 Å². The van der Waals surface area contributed by atoms with Crippen LogP contribution >= 0.6 is 0 Å². The van der Waals surface area contributed by atoms with E-state index in [0.717, 1.165) is 17.8 Å². The standard InChI is InChI=1S/C18H23N3/c1-13-11-20-18(21-12-13)17(19-2)10-15-8-5-7-14-6-3-4-9-16(14)15/h3-4,6,9,11-12,15,17,19H,5,7-8,10H2,1-2H3. The van der Waals surface area contributed by atoms with E-state index in [1.54, 1.807) is 0 Å². The lowest BCUT2D eigenvalue weighted by atomic mass is 9.79. The van der Waals surface area contributed by atoms with E-state index in [4.69, 9.17) is 0 Å². The first-order chi connectivity index (χ1) is 10.3. The predicted octanol–water partition coefficient (Wildman–Crippen LogP) is 3.56. The molecule has 0 saturated carbocycles. The highest BCUT2D eigenvalue weighted by Gasteiger charge is 2.24. The summed E-state index contributed by atoms with van der Waals surface area (Å²) in [6.07, 6.45) is 8.64. The van der Waals surface area contributed by atoms with Gasteiger partial charge < -0.3 is 5.32 Å². The Morgan fingerprint density at radius 2 is 2.00 bits per heavy atom. The van der Waals surface area contributed by atoms with E-state index < -0.39 is 0 Å². The van der Waals surface area contributed by atoms with Crippen molar-refractivity contribution in [1.82, 2.24) is 15.3 Å². The van der Waals surface area contributed by atoms with Gasteiger partial charge in [-0.05, 0) is 62.3 Å². The molecule has 3 heteroatoms. The molecule has 2 unspecified atom stereocenters. The van der Waals surface area contributed by atoms with Crippen LogP contribution in [0.4, 0.5) is 0 Å². The third-order valence-electron chi connectivity index (χ3n) is 4.47. The summed E-state index contributed by atoms with van der Waals surface area (Å²) in [7, 11) is 2.00. The molecule has 3 nitrogen and oxygen atoms in total. The summed E-state index contributed by atoms with van der Waals surface area (Å²) in [6, 6.07) is 9.11. The summed E-state index contributed by atoms with van der Waals surface area (Å²) in [5, 5.41) is 3.39. The van der Waals surface area contributed by atoms with Gasteiger partial charge in [-0.2, -0.15) is 0 Å². The van der Waals surface area contributed by atoms with Crippen molar-refractivity contribution >= 4 is 0 Å². The minimum Gasteiger partial charge on any atom is -0.310 e. The fourth-order valence-corrected chi connectivity index (χ4v) is 3.32. The molecule has 2 atom stereocenters. The van der Waals surface area contributed by atoms with Crippen molar-refractivity contribution in [2.24, 2.45) is 0 Å². The van der Waals surface area contributed by atoms with E-state index in [9.17, 15) is 0 Å². The van der Waals surface area contributed by atoms with E-state index >= 15 is 0 Å². The highest BCUT2D eigenvalue weighted by molar-refractivity contribution is 5.32. The van der Waals surface area contributed by atoms with Gasteiger partial charge in [-0.3, -0.25) is 0 Å². The summed E-state index contributed by atoms with van der Waals surface area (Å²) >= 11 is 0. The topological polar surface area (TPSA) is 37.8 Å². The molecule has 1 aromatic heterocycles. The lowest BCUT2D eigenvalue weighted by Crippen LogP contribution is -2.23. The SMILES string of the molecule is CNC(CC1CCCc2ccccc21)c1ncc(C)cn1. The Kier molecular flexibility index (Phi) is 4.30. The smallest absolute Gasteiger partial charge is 0.145 e. The normalized spacial score (nSPS) is 19.0. The number of rotatable bonds is 4. The van der Waals surface area contributed by atoms with Gasteiger partial charge in [0.25, 0.3) is 0 Å². The first kappa shape index (κ1) is 14.2. The van der Waals surface area contributed by atoms with Gasteiger partial charge in [-0.25, -0.2) is 9.97 Å². The maximum absolute atomic E-state index is 4.50. The van der Waals surface area contributed by atoms with Crippen molar-refractivity contribution in [2.75, 3.05) is 7.05 Å². The molecular formula is C18H23N3. The largest absolute Gasteiger partial charge is 0.310 e. The van der Waals surface area contributed by atoms with Crippen LogP contribution < -0.4 is 5.32 Å². The molecule has 0 aliphatic heterocycles. The molecule has 110 valence electrons. The number of nitrogens with one attached hydrogen (secondary N) is 1. The summed E-state index contributed by atoms with van der Waals surface area (Å²) in [4.78, 5) is 8.99. The second-order valence-corrected chi connectivity index (χ2v) is 5.98. The minimum atomic E-state index is 0.224. The molecule has 0 radical (unpaired) electrons. The van der Waals surface area contributed by atoms with Gasteiger partial charge in [0, 0.05) is 12.4 Å². The Balaban J connectivity index is 1.80. The average molecular weight is 281 g/mol. The molecule has 1 aromatic carbocycles. The average Bonchev–Trinajstić information content (AvgIpc) is 2.54. The highest BCUT2D eigenvalue weighted by atomic mass is 15.0. The van der Waals surface area contributed by atoms with Crippen molar-refractivity contribution in [2.45, 2.75) is 44.6 Å². The van der Waals surface area contributed by atoms with Crippen LogP contribution in [0.1, 0.15) is 53.7 Å². The molecule has 0 saturated heterocycles. The number of fused-ring (bicyclic) bond motifs is 1. The van der Waals surface area contributed by atoms with E-state index in [1.165, 1.54) is 30.4 Å². The zero-order chi connectivity index (χ0) is 14.7. The third-order valence-corrected chi connectivity index (χ3v) is 4.47. The van der Waals surface area contributed by atoms with E-state index in [-0.39, 0.29) is 6.04 Å². The van der Waals surface area contributed by atoms with Crippen LogP contribution in [0.25, 0.3) is 0 Å². The monoisotopic (exact) mass is 281 g/mol. The molecular weight excluding hydrogens is 258 g/mol. The maximum atomic E-state index is 4.50. The fraction of sp³-hybridized carbons (Fsp3) is 0.444. The number of aromatic nitrogens is 2. The zero-order valence-corrected chi connectivity index (χ0v) is 12.8. The van der Waals surface area contributed by atoms with Gasteiger partial charge in [-0.15, -0.1) is 0 Å². The number of hydrogen-bond donors (Lipinski definition) is 1. The van der Waals surface area contributed by atoms with Crippen molar-refractivity contribution in [3.8, 4) is 0 Å². The summed E-state index contributed by atoms with van der Waals surface area (Å²) < 4.78 is 0. The van der Waals surface area contributed by atoms with Crippen molar-refractivity contribution in [3.63, 3.8) is 0 Å². The summed E-state index contributed by atoms with van der Waals surface area (Å²) in [6.45, 7) is 2.02. The van der Waals surface area contributed by atoms with Gasteiger partial charge >= 0.3 is 0 Å². The summed E-state index contributed by atoms with van der Waals surface area (Å²) in [5.74, 6) is 1.52. The van der Waals surface area contributed by atoms with Crippen molar-refractivity contribution in [1.29, 1.82) is 0 Å². The predicted molar refractivity (Wildman–Crippen MR) is 85.3 cm³/mol. The minimum absolute atomic E-state index is 0.224. The first-order valence-electron chi connectivity index (χ1n) is 7.81. The van der Waals surface area contributed by atoms with Crippen LogP contribution in [0.2, 0.25) is 0 Å². The fourth-order valence-electron chi connectivity index (χ4n) is 3.32. The van der Waals surface area contributed by atoms with E-state index in [0.29, 0.717) is 5.92 Å². The quantitative estimate of drug-likeness (QED) is 0.931. The molecule has 0 bridgehead atoms. The Labute approximate surface area is 126 Å².